The summed E-state index contributed by atoms with van der Waals surface area (Å²) in [6, 6.07) is 0. The van der Waals surface area contributed by atoms with E-state index < -0.39 is 5.97 Å². The maximum Gasteiger partial charge on any atom is 0.356 e. The van der Waals surface area contributed by atoms with E-state index in [4.69, 9.17) is 5.11 Å². The molecule has 0 saturated heterocycles. The van der Waals surface area contributed by atoms with E-state index in [-0.39, 0.29) is 11.2 Å². The third-order valence-corrected chi connectivity index (χ3v) is 2.92. The highest BCUT2D eigenvalue weighted by atomic mass is 16.4. The molecule has 0 bridgehead atoms. The Morgan fingerprint density at radius 3 is 2.56 bits per heavy atom. The second-order valence-corrected chi connectivity index (χ2v) is 4.71. The molecule has 1 fully saturated rings. The second-order valence-electron chi connectivity index (χ2n) is 4.71. The zero-order chi connectivity index (χ0) is 11.8. The van der Waals surface area contributed by atoms with Crippen LogP contribution in [0.1, 0.15) is 37.2 Å². The monoisotopic (exact) mass is 221 g/mol. The molecule has 0 amide bonds. The Morgan fingerprint density at radius 2 is 2.12 bits per heavy atom. The first-order valence-electron chi connectivity index (χ1n) is 5.32. The quantitative estimate of drug-likeness (QED) is 0.810. The van der Waals surface area contributed by atoms with Crippen LogP contribution < -0.4 is 5.32 Å². The Labute approximate surface area is 93.9 Å². The van der Waals surface area contributed by atoms with E-state index in [1.807, 2.05) is 0 Å². The van der Waals surface area contributed by atoms with Crippen molar-refractivity contribution in [2.75, 3.05) is 5.32 Å². The minimum absolute atomic E-state index is 0.000575. The van der Waals surface area contributed by atoms with Gasteiger partial charge in [0.15, 0.2) is 5.69 Å². The van der Waals surface area contributed by atoms with E-state index in [0.29, 0.717) is 11.7 Å². The highest BCUT2D eigenvalue weighted by Gasteiger charge is 2.37. The molecule has 0 spiro atoms. The summed E-state index contributed by atoms with van der Waals surface area (Å²) < 4.78 is 0. The van der Waals surface area contributed by atoms with Crippen LogP contribution >= 0.6 is 0 Å². The average Bonchev–Trinajstić information content (AvgIpc) is 3.01. The molecule has 0 radical (unpaired) electrons. The van der Waals surface area contributed by atoms with Crippen molar-refractivity contribution < 1.29 is 9.90 Å². The van der Waals surface area contributed by atoms with Crippen LogP contribution in [0.2, 0.25) is 0 Å². The number of anilines is 1. The molecule has 2 rings (SSSR count). The molecule has 5 nitrogen and oxygen atoms in total. The Kier molecular flexibility index (Phi) is 2.53. The highest BCUT2D eigenvalue weighted by Crippen LogP contribution is 2.40. The van der Waals surface area contributed by atoms with Crippen molar-refractivity contribution in [3.63, 3.8) is 0 Å². The van der Waals surface area contributed by atoms with Crippen LogP contribution in [0.5, 0.6) is 0 Å². The third kappa shape index (κ3) is 2.29. The van der Waals surface area contributed by atoms with Crippen LogP contribution in [-0.2, 0) is 0 Å². The van der Waals surface area contributed by atoms with Gasteiger partial charge in [-0.1, -0.05) is 0 Å². The molecule has 5 heteroatoms. The summed E-state index contributed by atoms with van der Waals surface area (Å²) in [5.74, 6) is 0.246. The molecule has 0 atom stereocenters. The van der Waals surface area contributed by atoms with E-state index in [1.165, 1.54) is 25.2 Å². The molecular formula is C11H15N3O2. The van der Waals surface area contributed by atoms with Crippen LogP contribution in [0.4, 0.5) is 5.82 Å². The maximum atomic E-state index is 10.6. The van der Waals surface area contributed by atoms with E-state index in [9.17, 15) is 4.79 Å². The molecule has 1 aliphatic rings. The van der Waals surface area contributed by atoms with E-state index in [1.54, 1.807) is 0 Å². The first-order valence-corrected chi connectivity index (χ1v) is 5.32. The van der Waals surface area contributed by atoms with Crippen LogP contribution in [0.15, 0.2) is 12.4 Å². The topological polar surface area (TPSA) is 75.1 Å². The van der Waals surface area contributed by atoms with Crippen molar-refractivity contribution in [1.82, 2.24) is 9.97 Å². The smallest absolute Gasteiger partial charge is 0.356 e. The zero-order valence-corrected chi connectivity index (χ0v) is 9.40. The Balaban J connectivity index is 2.07. The first kappa shape index (κ1) is 10.9. The van der Waals surface area contributed by atoms with Gasteiger partial charge in [-0.05, 0) is 32.6 Å². The molecule has 16 heavy (non-hydrogen) atoms. The molecule has 0 aliphatic heterocycles. The number of aromatic carboxylic acids is 1. The fraction of sp³-hybridized carbons (Fsp3) is 0.545. The fourth-order valence-corrected chi connectivity index (χ4v) is 1.74. The number of nitrogens with one attached hydrogen (secondary N) is 1. The second kappa shape index (κ2) is 3.73. The number of rotatable bonds is 4. The fourth-order valence-electron chi connectivity index (χ4n) is 1.74. The maximum absolute atomic E-state index is 10.6. The molecule has 2 N–H and O–H groups in total. The SMILES string of the molecule is CC(C)(Nc1cnc(C(=O)O)cn1)C1CC1. The van der Waals surface area contributed by atoms with E-state index >= 15 is 0 Å². The van der Waals surface area contributed by atoms with Gasteiger partial charge in [0, 0.05) is 5.54 Å². The highest BCUT2D eigenvalue weighted by molar-refractivity contribution is 5.84. The normalized spacial score (nSPS) is 15.9. The number of nitrogens with zero attached hydrogens (tertiary/aromatic N) is 2. The van der Waals surface area contributed by atoms with Gasteiger partial charge in [-0.25, -0.2) is 14.8 Å². The summed E-state index contributed by atoms with van der Waals surface area (Å²) in [7, 11) is 0. The van der Waals surface area contributed by atoms with Gasteiger partial charge in [0.1, 0.15) is 5.82 Å². The van der Waals surface area contributed by atoms with Crippen molar-refractivity contribution in [1.29, 1.82) is 0 Å². The summed E-state index contributed by atoms with van der Waals surface area (Å²) in [5, 5.41) is 12.0. The lowest BCUT2D eigenvalue weighted by molar-refractivity contribution is 0.0690. The molecule has 1 aromatic heterocycles. The van der Waals surface area contributed by atoms with Crippen molar-refractivity contribution in [2.24, 2.45) is 5.92 Å². The summed E-state index contributed by atoms with van der Waals surface area (Å²) in [4.78, 5) is 18.5. The Morgan fingerprint density at radius 1 is 1.44 bits per heavy atom. The Hall–Kier alpha value is -1.65. The van der Waals surface area contributed by atoms with Crippen molar-refractivity contribution >= 4 is 11.8 Å². The zero-order valence-electron chi connectivity index (χ0n) is 9.40. The average molecular weight is 221 g/mol. The van der Waals surface area contributed by atoms with Crippen LogP contribution in [-0.4, -0.2) is 26.6 Å². The van der Waals surface area contributed by atoms with Crippen molar-refractivity contribution in [2.45, 2.75) is 32.2 Å². The van der Waals surface area contributed by atoms with Gasteiger partial charge in [0.2, 0.25) is 0 Å². The minimum Gasteiger partial charge on any atom is -0.476 e. The van der Waals surface area contributed by atoms with Crippen molar-refractivity contribution in [3.8, 4) is 0 Å². The molecule has 1 aromatic rings. The van der Waals surface area contributed by atoms with Gasteiger partial charge in [0.25, 0.3) is 0 Å². The number of carboxylic acid groups (broad SMARTS) is 1. The van der Waals surface area contributed by atoms with Gasteiger partial charge in [-0.15, -0.1) is 0 Å². The molecule has 0 unspecified atom stereocenters. The Bertz CT molecular complexity index is 396. The third-order valence-electron chi connectivity index (χ3n) is 2.92. The van der Waals surface area contributed by atoms with E-state index in [0.717, 1.165) is 0 Å². The number of carboxylic acids is 1. The van der Waals surface area contributed by atoms with Gasteiger partial charge in [0.05, 0.1) is 12.4 Å². The molecule has 1 heterocycles. The van der Waals surface area contributed by atoms with Crippen molar-refractivity contribution in [3.05, 3.63) is 18.1 Å². The van der Waals surface area contributed by atoms with Gasteiger partial charge in [-0.3, -0.25) is 0 Å². The van der Waals surface area contributed by atoms with Gasteiger partial charge in [-0.2, -0.15) is 0 Å². The summed E-state index contributed by atoms with van der Waals surface area (Å²) >= 11 is 0. The number of hydrogen-bond donors (Lipinski definition) is 2. The van der Waals surface area contributed by atoms with Gasteiger partial charge >= 0.3 is 5.97 Å². The number of aromatic nitrogens is 2. The van der Waals surface area contributed by atoms with Crippen LogP contribution in [0, 0.1) is 5.92 Å². The molecule has 86 valence electrons. The largest absolute Gasteiger partial charge is 0.476 e. The number of hydrogen-bond acceptors (Lipinski definition) is 4. The summed E-state index contributed by atoms with van der Waals surface area (Å²) in [6.45, 7) is 4.24. The predicted molar refractivity (Wildman–Crippen MR) is 59.4 cm³/mol. The van der Waals surface area contributed by atoms with E-state index in [2.05, 4.69) is 29.1 Å². The predicted octanol–water partition coefficient (Wildman–Crippen LogP) is 1.78. The summed E-state index contributed by atoms with van der Waals surface area (Å²) in [5.41, 5.74) is -0.0332. The number of carbonyl (C=O) groups is 1. The summed E-state index contributed by atoms with van der Waals surface area (Å²) in [6.07, 6.45) is 5.21. The van der Waals surface area contributed by atoms with Crippen LogP contribution in [0.25, 0.3) is 0 Å². The minimum atomic E-state index is -1.06. The lowest BCUT2D eigenvalue weighted by Crippen LogP contribution is -2.33. The standard InChI is InChI=1S/C11H15N3O2/c1-11(2,7-3-4-7)14-9-6-12-8(5-13-9)10(15)16/h5-7H,3-4H2,1-2H3,(H,13,14)(H,15,16). The molecule has 1 aliphatic carbocycles. The molecule has 1 saturated carbocycles. The lowest BCUT2D eigenvalue weighted by Gasteiger charge is -2.26. The first-order chi connectivity index (χ1) is 7.49. The molecular weight excluding hydrogens is 206 g/mol. The van der Waals surface area contributed by atoms with Gasteiger partial charge < -0.3 is 10.4 Å². The molecule has 0 aromatic carbocycles. The lowest BCUT2D eigenvalue weighted by atomic mass is 9.99. The van der Waals surface area contributed by atoms with Crippen LogP contribution in [0.3, 0.4) is 0 Å².